The van der Waals surface area contributed by atoms with E-state index in [0.29, 0.717) is 39.6 Å². The Balaban J connectivity index is 1.10. The molecule has 0 radical (unpaired) electrons. The molecule has 2 aliphatic rings. The van der Waals surface area contributed by atoms with E-state index in [4.69, 9.17) is 23.9 Å². The first-order valence-electron chi connectivity index (χ1n) is 13.7. The molecule has 1 saturated heterocycles. The molecular weight excluding hydrogens is 516 g/mol. The number of aliphatic imine (C=N–C) groups is 1. The number of nitrogens with one attached hydrogen (secondary N) is 1. The Morgan fingerprint density at radius 1 is 0.923 bits per heavy atom. The van der Waals surface area contributed by atoms with Crippen molar-refractivity contribution in [1.82, 2.24) is 15.1 Å². The Morgan fingerprint density at radius 3 is 2.33 bits per heavy atom. The maximum absolute atomic E-state index is 11.7. The van der Waals surface area contributed by atoms with Gasteiger partial charge in [0, 0.05) is 48.1 Å². The predicted octanol–water partition coefficient (Wildman–Crippen LogP) is 3.05. The SMILES string of the molecule is CCOC(=O)C(COCCOCCOCCN1CCN(C2=Nc3ccccc3Sc3ccccc32)CC1)NC. The lowest BCUT2D eigenvalue weighted by atomic mass is 10.1. The fourth-order valence-corrected chi connectivity index (χ4v) is 5.46. The molecular formula is C29H40N4O5S. The largest absolute Gasteiger partial charge is 0.465 e. The van der Waals surface area contributed by atoms with Gasteiger partial charge in [0.2, 0.25) is 0 Å². The zero-order valence-corrected chi connectivity index (χ0v) is 23.8. The number of likely N-dealkylation sites (N-methyl/N-ethyl adjacent to an activating group) is 1. The van der Waals surface area contributed by atoms with Gasteiger partial charge in [-0.2, -0.15) is 0 Å². The standard InChI is InChI=1S/C29H40N4O5S/c1-3-38-29(34)25(30-2)22-37-21-20-36-19-18-35-17-16-32-12-14-33(15-13-32)28-23-8-4-6-10-26(23)39-27-11-7-5-9-24(27)31-28/h4-11,25,30H,3,12-22H2,1-2H3. The minimum atomic E-state index is -0.457. The van der Waals surface area contributed by atoms with Crippen LogP contribution >= 0.6 is 11.8 Å². The Hall–Kier alpha value is -2.47. The zero-order chi connectivity index (χ0) is 27.3. The number of nitrogens with zero attached hydrogens (tertiary/aromatic N) is 3. The topological polar surface area (TPSA) is 84.9 Å². The number of ether oxygens (including phenoxy) is 4. The van der Waals surface area contributed by atoms with Crippen LogP contribution in [0.3, 0.4) is 0 Å². The Morgan fingerprint density at radius 2 is 1.59 bits per heavy atom. The van der Waals surface area contributed by atoms with Crippen LogP contribution in [0.1, 0.15) is 12.5 Å². The van der Waals surface area contributed by atoms with Gasteiger partial charge < -0.3 is 29.2 Å². The van der Waals surface area contributed by atoms with Crippen LogP contribution in [0.5, 0.6) is 0 Å². The second-order valence-corrected chi connectivity index (χ2v) is 10.3. The number of fused-ring (bicyclic) bond motifs is 2. The molecule has 0 spiro atoms. The van der Waals surface area contributed by atoms with Gasteiger partial charge in [0.25, 0.3) is 0 Å². The molecule has 0 aromatic heterocycles. The second-order valence-electron chi connectivity index (χ2n) is 9.22. The van der Waals surface area contributed by atoms with E-state index in [2.05, 4.69) is 63.6 Å². The third kappa shape index (κ3) is 8.76. The van der Waals surface area contributed by atoms with Crippen LogP contribution in [-0.4, -0.2) is 114 Å². The quantitative estimate of drug-likeness (QED) is 0.279. The van der Waals surface area contributed by atoms with Gasteiger partial charge in [-0.05, 0) is 32.2 Å². The van der Waals surface area contributed by atoms with E-state index in [0.717, 1.165) is 44.2 Å². The summed E-state index contributed by atoms with van der Waals surface area (Å²) in [5.74, 6) is 0.770. The van der Waals surface area contributed by atoms with E-state index in [-0.39, 0.29) is 12.6 Å². The first-order valence-corrected chi connectivity index (χ1v) is 14.5. The number of hydrogen-bond acceptors (Lipinski definition) is 10. The van der Waals surface area contributed by atoms with E-state index >= 15 is 0 Å². The minimum Gasteiger partial charge on any atom is -0.465 e. The van der Waals surface area contributed by atoms with Crippen LogP contribution < -0.4 is 5.32 Å². The number of carbonyl (C=O) groups is 1. The van der Waals surface area contributed by atoms with Gasteiger partial charge in [-0.1, -0.05) is 42.1 Å². The van der Waals surface area contributed by atoms with E-state index in [1.54, 1.807) is 25.7 Å². The fraction of sp³-hybridized carbons (Fsp3) is 0.517. The third-order valence-electron chi connectivity index (χ3n) is 6.61. The predicted molar refractivity (Wildman–Crippen MR) is 153 cm³/mol. The molecule has 4 rings (SSSR count). The summed E-state index contributed by atoms with van der Waals surface area (Å²) in [6, 6.07) is 16.5. The first-order chi connectivity index (χ1) is 19.2. The third-order valence-corrected chi connectivity index (χ3v) is 7.75. The van der Waals surface area contributed by atoms with Crippen LogP contribution in [-0.2, 0) is 23.7 Å². The van der Waals surface area contributed by atoms with E-state index in [1.165, 1.54) is 15.4 Å². The van der Waals surface area contributed by atoms with Crippen LogP contribution in [0, 0.1) is 0 Å². The molecule has 1 fully saturated rings. The number of amidine groups is 1. The summed E-state index contributed by atoms with van der Waals surface area (Å²) in [6.07, 6.45) is 0. The highest BCUT2D eigenvalue weighted by Crippen LogP contribution is 2.40. The van der Waals surface area contributed by atoms with Gasteiger partial charge in [-0.15, -0.1) is 0 Å². The summed E-state index contributed by atoms with van der Waals surface area (Å²) in [6.45, 7) is 9.76. The van der Waals surface area contributed by atoms with Gasteiger partial charge in [0.15, 0.2) is 0 Å². The molecule has 10 heteroatoms. The second kappa shape index (κ2) is 16.0. The number of para-hydroxylation sites is 1. The summed E-state index contributed by atoms with van der Waals surface area (Å²) in [4.78, 5) is 24.1. The molecule has 0 bridgehead atoms. The molecule has 2 aliphatic heterocycles. The Labute approximate surface area is 235 Å². The highest BCUT2D eigenvalue weighted by molar-refractivity contribution is 7.99. The molecule has 0 amide bonds. The van der Waals surface area contributed by atoms with Gasteiger partial charge in [-0.3, -0.25) is 9.69 Å². The van der Waals surface area contributed by atoms with Crippen molar-refractivity contribution in [2.45, 2.75) is 22.8 Å². The number of piperazine rings is 1. The lowest BCUT2D eigenvalue weighted by Crippen LogP contribution is -2.49. The average molecular weight is 557 g/mol. The summed E-state index contributed by atoms with van der Waals surface area (Å²) >= 11 is 1.79. The van der Waals surface area contributed by atoms with Gasteiger partial charge in [0.05, 0.1) is 51.9 Å². The van der Waals surface area contributed by atoms with Crippen molar-refractivity contribution in [3.8, 4) is 0 Å². The lowest BCUT2D eigenvalue weighted by Gasteiger charge is -2.36. The summed E-state index contributed by atoms with van der Waals surface area (Å²) in [7, 11) is 1.71. The molecule has 212 valence electrons. The molecule has 0 saturated carbocycles. The van der Waals surface area contributed by atoms with E-state index in [1.807, 2.05) is 0 Å². The number of hydrogen-bond donors (Lipinski definition) is 1. The Bertz CT molecular complexity index is 1080. The maximum Gasteiger partial charge on any atom is 0.325 e. The monoisotopic (exact) mass is 556 g/mol. The molecule has 2 aromatic carbocycles. The molecule has 2 heterocycles. The van der Waals surface area contributed by atoms with Gasteiger partial charge in [0.1, 0.15) is 11.9 Å². The van der Waals surface area contributed by atoms with Crippen LogP contribution in [0.2, 0.25) is 0 Å². The summed E-state index contributed by atoms with van der Waals surface area (Å²) in [5, 5.41) is 2.89. The molecule has 1 unspecified atom stereocenters. The van der Waals surface area contributed by atoms with Crippen LogP contribution in [0.15, 0.2) is 63.3 Å². The highest BCUT2D eigenvalue weighted by atomic mass is 32.2. The molecule has 1 atom stereocenters. The number of benzene rings is 2. The van der Waals surface area contributed by atoms with E-state index in [9.17, 15) is 4.79 Å². The van der Waals surface area contributed by atoms with Gasteiger partial charge >= 0.3 is 5.97 Å². The van der Waals surface area contributed by atoms with Crippen molar-refractivity contribution in [1.29, 1.82) is 0 Å². The highest BCUT2D eigenvalue weighted by Gasteiger charge is 2.25. The molecule has 0 aliphatic carbocycles. The summed E-state index contributed by atoms with van der Waals surface area (Å²) < 4.78 is 21.9. The average Bonchev–Trinajstić information content (AvgIpc) is 3.13. The first kappa shape index (κ1) is 29.5. The molecule has 2 aromatic rings. The van der Waals surface area contributed by atoms with Crippen molar-refractivity contribution in [3.05, 3.63) is 54.1 Å². The van der Waals surface area contributed by atoms with Crippen molar-refractivity contribution >= 4 is 29.3 Å². The Kier molecular flexibility index (Phi) is 12.1. The van der Waals surface area contributed by atoms with Crippen LogP contribution in [0.4, 0.5) is 5.69 Å². The molecule has 1 N–H and O–H groups in total. The minimum absolute atomic E-state index is 0.259. The van der Waals surface area contributed by atoms with Crippen molar-refractivity contribution in [3.63, 3.8) is 0 Å². The maximum atomic E-state index is 11.7. The number of carbonyl (C=O) groups excluding carboxylic acids is 1. The van der Waals surface area contributed by atoms with Gasteiger partial charge in [-0.25, -0.2) is 4.99 Å². The smallest absolute Gasteiger partial charge is 0.325 e. The van der Waals surface area contributed by atoms with Crippen molar-refractivity contribution in [2.75, 3.05) is 86.0 Å². The zero-order valence-electron chi connectivity index (χ0n) is 23.0. The molecule has 39 heavy (non-hydrogen) atoms. The van der Waals surface area contributed by atoms with Crippen LogP contribution in [0.25, 0.3) is 0 Å². The number of esters is 1. The van der Waals surface area contributed by atoms with E-state index < -0.39 is 6.04 Å². The lowest BCUT2D eigenvalue weighted by molar-refractivity contribution is -0.147. The van der Waals surface area contributed by atoms with Crippen molar-refractivity contribution < 1.29 is 23.7 Å². The fourth-order valence-electron chi connectivity index (χ4n) is 4.44. The molecule has 9 nitrogen and oxygen atoms in total. The van der Waals surface area contributed by atoms with Crippen molar-refractivity contribution in [2.24, 2.45) is 4.99 Å². The summed E-state index contributed by atoms with van der Waals surface area (Å²) in [5.41, 5.74) is 2.25. The number of rotatable bonds is 14. The normalized spacial score (nSPS) is 16.2.